The smallest absolute Gasteiger partial charge is 0.227 e. The van der Waals surface area contributed by atoms with E-state index in [0.717, 1.165) is 55.6 Å². The average molecular weight is 665 g/mol. The minimum Gasteiger partial charge on any atom is -0.435 e. The van der Waals surface area contributed by atoms with Gasteiger partial charge in [-0.3, -0.25) is 0 Å². The molecule has 0 saturated carbocycles. The fraction of sp³-hybridized carbons (Fsp3) is 0. The van der Waals surface area contributed by atoms with Gasteiger partial charge in [0.25, 0.3) is 0 Å². The topological polar surface area (TPSA) is 29.3 Å². The van der Waals surface area contributed by atoms with Crippen molar-refractivity contribution in [2.45, 2.75) is 0 Å². The van der Waals surface area contributed by atoms with Gasteiger partial charge < -0.3 is 9.32 Å². The van der Waals surface area contributed by atoms with Gasteiger partial charge in [-0.2, -0.15) is 0 Å². The highest BCUT2D eigenvalue weighted by Crippen LogP contribution is 2.40. The molecule has 3 heteroatoms. The highest BCUT2D eigenvalue weighted by Gasteiger charge is 2.16. The van der Waals surface area contributed by atoms with Crippen LogP contribution in [0.25, 0.3) is 77.1 Å². The monoisotopic (exact) mass is 664 g/mol. The van der Waals surface area contributed by atoms with E-state index in [-0.39, 0.29) is 0 Å². The normalized spacial score (nSPS) is 11.5. The van der Waals surface area contributed by atoms with Gasteiger partial charge in [-0.25, -0.2) is 4.98 Å². The molecule has 1 aromatic heterocycles. The highest BCUT2D eigenvalue weighted by atomic mass is 16.3. The molecular weight excluding hydrogens is 633 g/mol. The molecule has 10 rings (SSSR count). The zero-order chi connectivity index (χ0) is 34.4. The molecule has 244 valence electrons. The van der Waals surface area contributed by atoms with Crippen LogP contribution in [0.15, 0.2) is 199 Å². The summed E-state index contributed by atoms with van der Waals surface area (Å²) in [7, 11) is 0. The molecule has 0 saturated heterocycles. The van der Waals surface area contributed by atoms with Gasteiger partial charge in [0.1, 0.15) is 5.52 Å². The lowest BCUT2D eigenvalue weighted by Gasteiger charge is -2.26. The molecule has 0 amide bonds. The molecule has 0 fully saturated rings. The van der Waals surface area contributed by atoms with Gasteiger partial charge in [0.15, 0.2) is 5.58 Å². The van der Waals surface area contributed by atoms with E-state index >= 15 is 0 Å². The molecule has 0 atom stereocenters. The Hall–Kier alpha value is -6.97. The van der Waals surface area contributed by atoms with Crippen molar-refractivity contribution in [2.24, 2.45) is 0 Å². The second-order valence-corrected chi connectivity index (χ2v) is 13.3. The van der Waals surface area contributed by atoms with E-state index in [9.17, 15) is 0 Å². The Morgan fingerprint density at radius 2 is 0.904 bits per heavy atom. The first-order valence-electron chi connectivity index (χ1n) is 17.6. The Kier molecular flexibility index (Phi) is 7.14. The standard InChI is InChI=1S/C49H32N2O/c1-2-9-33(10-3-1)36-21-25-43(26-22-36)51(45-27-23-35-12-5-7-14-39(35)30-45)44-16-8-15-40(31-44)41-19-18-37-24-28-47-48(46(37)32-41)52-49(50-47)42-20-17-34-11-4-6-13-38(34)29-42/h1-32H. The molecule has 0 N–H and O–H groups in total. The number of hydrogen-bond donors (Lipinski definition) is 0. The van der Waals surface area contributed by atoms with Crippen LogP contribution in [0.5, 0.6) is 0 Å². The summed E-state index contributed by atoms with van der Waals surface area (Å²) in [6.45, 7) is 0. The van der Waals surface area contributed by atoms with Crippen molar-refractivity contribution in [3.63, 3.8) is 0 Å². The zero-order valence-electron chi connectivity index (χ0n) is 28.3. The Morgan fingerprint density at radius 3 is 1.71 bits per heavy atom. The number of fused-ring (bicyclic) bond motifs is 5. The second kappa shape index (κ2) is 12.4. The average Bonchev–Trinajstić information content (AvgIpc) is 3.67. The number of nitrogens with zero attached hydrogens (tertiary/aromatic N) is 2. The maximum Gasteiger partial charge on any atom is 0.227 e. The first kappa shape index (κ1) is 29.9. The lowest BCUT2D eigenvalue weighted by molar-refractivity contribution is 0.623. The number of hydrogen-bond acceptors (Lipinski definition) is 3. The third-order valence-corrected chi connectivity index (χ3v) is 10.0. The highest BCUT2D eigenvalue weighted by molar-refractivity contribution is 6.05. The lowest BCUT2D eigenvalue weighted by atomic mass is 9.99. The maximum atomic E-state index is 6.54. The van der Waals surface area contributed by atoms with Crippen LogP contribution in [0.4, 0.5) is 17.1 Å². The predicted octanol–water partition coefficient (Wildman–Crippen LogP) is 13.8. The van der Waals surface area contributed by atoms with Gasteiger partial charge >= 0.3 is 0 Å². The number of aromatic nitrogens is 1. The minimum atomic E-state index is 0.630. The quantitative estimate of drug-likeness (QED) is 0.177. The van der Waals surface area contributed by atoms with E-state index in [4.69, 9.17) is 9.40 Å². The molecule has 3 nitrogen and oxygen atoms in total. The van der Waals surface area contributed by atoms with Crippen molar-refractivity contribution < 1.29 is 4.42 Å². The van der Waals surface area contributed by atoms with E-state index in [2.05, 4.69) is 199 Å². The number of anilines is 3. The van der Waals surface area contributed by atoms with Crippen LogP contribution >= 0.6 is 0 Å². The van der Waals surface area contributed by atoms with Gasteiger partial charge in [-0.1, -0.05) is 133 Å². The summed E-state index contributed by atoms with van der Waals surface area (Å²) in [6.07, 6.45) is 0. The molecule has 0 unspecified atom stereocenters. The van der Waals surface area contributed by atoms with E-state index in [1.165, 1.54) is 32.7 Å². The SMILES string of the molecule is c1ccc(-c2ccc(N(c3cccc(-c4ccc5ccc6nc(-c7ccc8ccccc8c7)oc6c5c4)c3)c3ccc4ccccc4c3)cc2)cc1. The van der Waals surface area contributed by atoms with Gasteiger partial charge in [0.2, 0.25) is 5.89 Å². The molecule has 9 aromatic carbocycles. The van der Waals surface area contributed by atoms with E-state index < -0.39 is 0 Å². The van der Waals surface area contributed by atoms with Crippen molar-refractivity contribution >= 4 is 60.5 Å². The number of oxazole rings is 1. The molecule has 52 heavy (non-hydrogen) atoms. The fourth-order valence-electron chi connectivity index (χ4n) is 7.35. The summed E-state index contributed by atoms with van der Waals surface area (Å²) >= 11 is 0. The first-order chi connectivity index (χ1) is 25.7. The molecular formula is C49H32N2O. The van der Waals surface area contributed by atoms with E-state index in [1.807, 2.05) is 0 Å². The van der Waals surface area contributed by atoms with Gasteiger partial charge in [-0.15, -0.1) is 0 Å². The van der Waals surface area contributed by atoms with Crippen molar-refractivity contribution in [3.8, 4) is 33.7 Å². The van der Waals surface area contributed by atoms with E-state index in [1.54, 1.807) is 0 Å². The second-order valence-electron chi connectivity index (χ2n) is 13.3. The summed E-state index contributed by atoms with van der Waals surface area (Å²) in [5.74, 6) is 0.630. The van der Waals surface area contributed by atoms with Gasteiger partial charge in [-0.05, 0) is 110 Å². The van der Waals surface area contributed by atoms with Gasteiger partial charge in [0, 0.05) is 28.0 Å². The molecule has 0 radical (unpaired) electrons. The summed E-state index contributed by atoms with van der Waals surface area (Å²) < 4.78 is 6.54. The van der Waals surface area contributed by atoms with Crippen LogP contribution in [0.3, 0.4) is 0 Å². The zero-order valence-corrected chi connectivity index (χ0v) is 28.3. The van der Waals surface area contributed by atoms with Crippen LogP contribution in [-0.2, 0) is 0 Å². The van der Waals surface area contributed by atoms with Crippen LogP contribution in [0, 0.1) is 0 Å². The van der Waals surface area contributed by atoms with Crippen molar-refractivity contribution in [1.82, 2.24) is 4.98 Å². The first-order valence-corrected chi connectivity index (χ1v) is 17.6. The predicted molar refractivity (Wildman–Crippen MR) is 218 cm³/mol. The number of benzene rings is 9. The van der Waals surface area contributed by atoms with Crippen LogP contribution in [0.1, 0.15) is 0 Å². The third-order valence-electron chi connectivity index (χ3n) is 10.0. The fourth-order valence-corrected chi connectivity index (χ4v) is 7.35. The lowest BCUT2D eigenvalue weighted by Crippen LogP contribution is -2.10. The molecule has 0 aliphatic rings. The van der Waals surface area contributed by atoms with Crippen molar-refractivity contribution in [1.29, 1.82) is 0 Å². The molecule has 1 heterocycles. The van der Waals surface area contributed by atoms with Gasteiger partial charge in [0.05, 0.1) is 0 Å². The summed E-state index contributed by atoms with van der Waals surface area (Å²) in [6, 6.07) is 68.9. The Morgan fingerprint density at radius 1 is 0.346 bits per heavy atom. The molecule has 0 aliphatic heterocycles. The largest absolute Gasteiger partial charge is 0.435 e. The molecule has 10 aromatic rings. The van der Waals surface area contributed by atoms with Crippen molar-refractivity contribution in [3.05, 3.63) is 194 Å². The Labute approximate surface area is 301 Å². The van der Waals surface area contributed by atoms with Crippen LogP contribution in [0.2, 0.25) is 0 Å². The molecule has 0 bridgehead atoms. The Balaban J connectivity index is 1.07. The third kappa shape index (κ3) is 5.37. The molecule has 0 spiro atoms. The molecule has 0 aliphatic carbocycles. The van der Waals surface area contributed by atoms with E-state index in [0.29, 0.717) is 5.89 Å². The maximum absolute atomic E-state index is 6.54. The summed E-state index contributed by atoms with van der Waals surface area (Å²) in [4.78, 5) is 7.26. The van der Waals surface area contributed by atoms with Crippen LogP contribution in [-0.4, -0.2) is 4.98 Å². The Bertz CT molecular complexity index is 2910. The van der Waals surface area contributed by atoms with Crippen molar-refractivity contribution in [2.75, 3.05) is 4.90 Å². The number of rotatable bonds is 6. The minimum absolute atomic E-state index is 0.630. The van der Waals surface area contributed by atoms with Crippen LogP contribution < -0.4 is 4.90 Å². The summed E-state index contributed by atoms with van der Waals surface area (Å²) in [5, 5.41) is 6.95. The summed E-state index contributed by atoms with van der Waals surface area (Å²) in [5.41, 5.74) is 10.5.